The third-order valence-electron chi connectivity index (χ3n) is 3.11. The summed E-state index contributed by atoms with van der Waals surface area (Å²) >= 11 is 1.87. The number of nitrogens with zero attached hydrogens (tertiary/aromatic N) is 2. The Kier molecular flexibility index (Phi) is 4.32. The first-order chi connectivity index (χ1) is 7.36. The van der Waals surface area contributed by atoms with Crippen molar-refractivity contribution in [3.05, 3.63) is 0 Å². The first-order valence-corrected chi connectivity index (χ1v) is 7.00. The van der Waals surface area contributed by atoms with Gasteiger partial charge in [-0.1, -0.05) is 11.8 Å². The highest BCUT2D eigenvalue weighted by molar-refractivity contribution is 8.13. The number of amidine groups is 1. The summed E-state index contributed by atoms with van der Waals surface area (Å²) < 4.78 is 0. The zero-order valence-electron chi connectivity index (χ0n) is 9.54. The van der Waals surface area contributed by atoms with E-state index in [0.717, 1.165) is 18.3 Å². The van der Waals surface area contributed by atoms with E-state index >= 15 is 0 Å². The Hall–Kier alpha value is -0.220. The molecule has 0 bridgehead atoms. The molecule has 2 aliphatic rings. The van der Waals surface area contributed by atoms with E-state index in [1.807, 2.05) is 11.8 Å². The van der Waals surface area contributed by atoms with Gasteiger partial charge in [0.1, 0.15) is 0 Å². The largest absolute Gasteiger partial charge is 0.363 e. The summed E-state index contributed by atoms with van der Waals surface area (Å²) in [5.74, 6) is 1.23. The van der Waals surface area contributed by atoms with Gasteiger partial charge in [0.15, 0.2) is 5.17 Å². The monoisotopic (exact) mass is 227 g/mol. The van der Waals surface area contributed by atoms with Crippen molar-refractivity contribution in [1.82, 2.24) is 10.2 Å². The van der Waals surface area contributed by atoms with Gasteiger partial charge in [0.2, 0.25) is 0 Å². The summed E-state index contributed by atoms with van der Waals surface area (Å²) in [7, 11) is 0. The van der Waals surface area contributed by atoms with Crippen LogP contribution in [0.15, 0.2) is 4.99 Å². The number of hydrogen-bond donors (Lipinski definition) is 1. The van der Waals surface area contributed by atoms with Crippen LogP contribution in [0.3, 0.4) is 0 Å². The molecule has 0 aromatic heterocycles. The molecule has 0 aromatic carbocycles. The Labute approximate surface area is 96.7 Å². The molecule has 0 radical (unpaired) electrons. The molecule has 1 atom stereocenters. The van der Waals surface area contributed by atoms with E-state index in [1.165, 1.54) is 38.1 Å². The lowest BCUT2D eigenvalue weighted by atomic mass is 10.3. The normalized spacial score (nSPS) is 25.0. The molecule has 0 saturated carbocycles. The van der Waals surface area contributed by atoms with Crippen LogP contribution in [0.25, 0.3) is 0 Å². The molecule has 2 heterocycles. The van der Waals surface area contributed by atoms with E-state index in [1.54, 1.807) is 0 Å². The molecular weight excluding hydrogens is 206 g/mol. The highest BCUT2D eigenvalue weighted by Crippen LogP contribution is 2.13. The van der Waals surface area contributed by atoms with Gasteiger partial charge in [-0.05, 0) is 39.3 Å². The van der Waals surface area contributed by atoms with Crippen molar-refractivity contribution in [3.63, 3.8) is 0 Å². The van der Waals surface area contributed by atoms with Crippen LogP contribution in [0.2, 0.25) is 0 Å². The lowest BCUT2D eigenvalue weighted by molar-refractivity contribution is 0.259. The predicted molar refractivity (Wildman–Crippen MR) is 67.6 cm³/mol. The van der Waals surface area contributed by atoms with Crippen LogP contribution in [0.4, 0.5) is 0 Å². The van der Waals surface area contributed by atoms with Crippen LogP contribution >= 0.6 is 11.8 Å². The van der Waals surface area contributed by atoms with Crippen LogP contribution in [0, 0.1) is 0 Å². The summed E-state index contributed by atoms with van der Waals surface area (Å²) in [5.41, 5.74) is 0. The van der Waals surface area contributed by atoms with Gasteiger partial charge in [0.25, 0.3) is 0 Å². The molecule has 0 amide bonds. The van der Waals surface area contributed by atoms with Gasteiger partial charge in [-0.15, -0.1) is 0 Å². The fourth-order valence-electron chi connectivity index (χ4n) is 2.11. The lowest BCUT2D eigenvalue weighted by Crippen LogP contribution is -2.40. The maximum absolute atomic E-state index is 4.48. The lowest BCUT2D eigenvalue weighted by Gasteiger charge is -2.25. The number of aliphatic imine (C=N–C) groups is 1. The van der Waals surface area contributed by atoms with Crippen LogP contribution in [0.5, 0.6) is 0 Å². The number of rotatable bonds is 3. The van der Waals surface area contributed by atoms with E-state index < -0.39 is 0 Å². The molecule has 1 unspecified atom stereocenters. The van der Waals surface area contributed by atoms with Crippen molar-refractivity contribution < 1.29 is 0 Å². The van der Waals surface area contributed by atoms with Crippen molar-refractivity contribution in [1.29, 1.82) is 0 Å². The smallest absolute Gasteiger partial charge is 0.156 e. The second-order valence-corrected chi connectivity index (χ2v) is 5.45. The first-order valence-electron chi connectivity index (χ1n) is 6.01. The van der Waals surface area contributed by atoms with Crippen molar-refractivity contribution >= 4 is 16.9 Å². The van der Waals surface area contributed by atoms with Crippen molar-refractivity contribution in [2.24, 2.45) is 4.99 Å². The minimum absolute atomic E-state index is 0.651. The minimum Gasteiger partial charge on any atom is -0.363 e. The van der Waals surface area contributed by atoms with Gasteiger partial charge < -0.3 is 5.32 Å². The summed E-state index contributed by atoms with van der Waals surface area (Å²) in [5, 5.41) is 4.63. The van der Waals surface area contributed by atoms with E-state index in [2.05, 4.69) is 22.1 Å². The van der Waals surface area contributed by atoms with Crippen LogP contribution in [-0.4, -0.2) is 48.0 Å². The van der Waals surface area contributed by atoms with Gasteiger partial charge in [-0.25, -0.2) is 0 Å². The average Bonchev–Trinajstić information content (AvgIpc) is 2.81. The SMILES string of the molecule is CC(CNC1=NCCCS1)N1CCCC1. The first kappa shape index (κ1) is 11.3. The molecule has 0 spiro atoms. The number of hydrogen-bond acceptors (Lipinski definition) is 4. The fourth-order valence-corrected chi connectivity index (χ4v) is 2.95. The summed E-state index contributed by atoms with van der Waals surface area (Å²) in [6, 6.07) is 0.651. The summed E-state index contributed by atoms with van der Waals surface area (Å²) in [6.07, 6.45) is 3.98. The number of nitrogens with one attached hydrogen (secondary N) is 1. The Balaban J connectivity index is 1.69. The molecule has 2 aliphatic heterocycles. The molecule has 1 N–H and O–H groups in total. The van der Waals surface area contributed by atoms with E-state index in [4.69, 9.17) is 0 Å². The third kappa shape index (κ3) is 3.38. The van der Waals surface area contributed by atoms with Crippen LogP contribution in [-0.2, 0) is 0 Å². The molecule has 86 valence electrons. The zero-order valence-corrected chi connectivity index (χ0v) is 10.4. The maximum atomic E-state index is 4.48. The Morgan fingerprint density at radius 2 is 2.20 bits per heavy atom. The zero-order chi connectivity index (χ0) is 10.5. The second kappa shape index (κ2) is 5.75. The molecule has 3 nitrogen and oxygen atoms in total. The molecular formula is C11H21N3S. The minimum atomic E-state index is 0.651. The van der Waals surface area contributed by atoms with Crippen LogP contribution in [0.1, 0.15) is 26.2 Å². The highest BCUT2D eigenvalue weighted by Gasteiger charge is 2.18. The van der Waals surface area contributed by atoms with Crippen LogP contribution < -0.4 is 5.32 Å². The maximum Gasteiger partial charge on any atom is 0.156 e. The Morgan fingerprint density at radius 3 is 2.87 bits per heavy atom. The Morgan fingerprint density at radius 1 is 1.40 bits per heavy atom. The van der Waals surface area contributed by atoms with Gasteiger partial charge in [0.05, 0.1) is 0 Å². The van der Waals surface area contributed by atoms with Gasteiger partial charge in [0, 0.05) is 24.9 Å². The third-order valence-corrected chi connectivity index (χ3v) is 4.15. The molecule has 0 aromatic rings. The average molecular weight is 227 g/mol. The fraction of sp³-hybridized carbons (Fsp3) is 0.909. The Bertz CT molecular complexity index is 224. The molecule has 2 rings (SSSR count). The summed E-state index contributed by atoms with van der Waals surface area (Å²) in [6.45, 7) is 6.93. The van der Waals surface area contributed by atoms with Gasteiger partial charge in [-0.3, -0.25) is 9.89 Å². The quantitative estimate of drug-likeness (QED) is 0.793. The van der Waals surface area contributed by atoms with E-state index in [9.17, 15) is 0 Å². The molecule has 0 aliphatic carbocycles. The number of thioether (sulfide) groups is 1. The summed E-state index contributed by atoms with van der Waals surface area (Å²) in [4.78, 5) is 7.05. The van der Waals surface area contributed by atoms with Crippen molar-refractivity contribution in [3.8, 4) is 0 Å². The number of likely N-dealkylation sites (tertiary alicyclic amines) is 1. The van der Waals surface area contributed by atoms with Gasteiger partial charge >= 0.3 is 0 Å². The second-order valence-electron chi connectivity index (χ2n) is 4.36. The molecule has 4 heteroatoms. The molecule has 1 fully saturated rings. The van der Waals surface area contributed by atoms with Gasteiger partial charge in [-0.2, -0.15) is 0 Å². The van der Waals surface area contributed by atoms with Crippen molar-refractivity contribution in [2.45, 2.75) is 32.2 Å². The standard InChI is InChI=1S/C11H21N3S/c1-10(14-6-2-3-7-14)9-13-11-12-5-4-8-15-11/h10H,2-9H2,1H3,(H,12,13). The topological polar surface area (TPSA) is 27.6 Å². The highest BCUT2D eigenvalue weighted by atomic mass is 32.2. The van der Waals surface area contributed by atoms with E-state index in [0.29, 0.717) is 6.04 Å². The molecule has 15 heavy (non-hydrogen) atoms. The van der Waals surface area contributed by atoms with Crippen molar-refractivity contribution in [2.75, 3.05) is 31.9 Å². The van der Waals surface area contributed by atoms with E-state index in [-0.39, 0.29) is 0 Å². The molecule has 1 saturated heterocycles. The predicted octanol–water partition coefficient (Wildman–Crippen LogP) is 1.55.